The number of aliphatic hydroxyl groups is 1. The highest BCUT2D eigenvalue weighted by molar-refractivity contribution is 5.66. The zero-order valence-corrected chi connectivity index (χ0v) is 12.5. The fourth-order valence-electron chi connectivity index (χ4n) is 4.27. The summed E-state index contributed by atoms with van der Waals surface area (Å²) >= 11 is 0. The number of allylic oxidation sites excluding steroid dienone is 1. The summed E-state index contributed by atoms with van der Waals surface area (Å²) in [6, 6.07) is 0. The number of ether oxygens (including phenoxy) is 1. The molecule has 3 heteroatoms. The van der Waals surface area contributed by atoms with E-state index < -0.39 is 6.10 Å². The van der Waals surface area contributed by atoms with Crippen molar-refractivity contribution < 1.29 is 14.6 Å². The van der Waals surface area contributed by atoms with Crippen LogP contribution < -0.4 is 0 Å². The SMILES string of the molecule is CC(=O)O[C@H]1[C@@H](O)C2=CCCCC[C@]2(C)[C@H]1C(C)C. The van der Waals surface area contributed by atoms with Crippen molar-refractivity contribution in [1.29, 1.82) is 0 Å². The molecule has 19 heavy (non-hydrogen) atoms. The van der Waals surface area contributed by atoms with Crippen molar-refractivity contribution in [3.63, 3.8) is 0 Å². The Kier molecular flexibility index (Phi) is 4.05. The summed E-state index contributed by atoms with van der Waals surface area (Å²) in [4.78, 5) is 11.3. The zero-order valence-electron chi connectivity index (χ0n) is 12.5. The number of aliphatic hydroxyl groups excluding tert-OH is 1. The van der Waals surface area contributed by atoms with Gasteiger partial charge in [-0.15, -0.1) is 0 Å². The summed E-state index contributed by atoms with van der Waals surface area (Å²) in [6.07, 6.45) is 5.66. The van der Waals surface area contributed by atoms with E-state index in [1.807, 2.05) is 0 Å². The second kappa shape index (κ2) is 5.28. The van der Waals surface area contributed by atoms with Gasteiger partial charge in [0.05, 0.1) is 0 Å². The summed E-state index contributed by atoms with van der Waals surface area (Å²) in [6.45, 7) is 7.98. The van der Waals surface area contributed by atoms with Crippen molar-refractivity contribution in [3.05, 3.63) is 11.6 Å². The van der Waals surface area contributed by atoms with E-state index in [0.717, 1.165) is 18.4 Å². The Morgan fingerprint density at radius 2 is 2.16 bits per heavy atom. The minimum absolute atomic E-state index is 0.0236. The highest BCUT2D eigenvalue weighted by Crippen LogP contribution is 2.55. The van der Waals surface area contributed by atoms with E-state index in [1.165, 1.54) is 19.8 Å². The maximum absolute atomic E-state index is 11.3. The van der Waals surface area contributed by atoms with Crippen LogP contribution in [0.3, 0.4) is 0 Å². The average Bonchev–Trinajstić information content (AvgIpc) is 2.44. The van der Waals surface area contributed by atoms with Crippen LogP contribution in [-0.2, 0) is 9.53 Å². The third-order valence-corrected chi connectivity index (χ3v) is 4.91. The first-order chi connectivity index (χ1) is 8.88. The fraction of sp³-hybridized carbons (Fsp3) is 0.812. The maximum atomic E-state index is 11.3. The van der Waals surface area contributed by atoms with E-state index in [4.69, 9.17) is 4.74 Å². The molecule has 4 atom stereocenters. The Morgan fingerprint density at radius 3 is 2.74 bits per heavy atom. The molecule has 0 amide bonds. The molecule has 0 unspecified atom stereocenters. The quantitative estimate of drug-likeness (QED) is 0.617. The summed E-state index contributed by atoms with van der Waals surface area (Å²) in [5.41, 5.74) is 1.08. The second-order valence-corrected chi connectivity index (χ2v) is 6.61. The first-order valence-corrected chi connectivity index (χ1v) is 7.43. The van der Waals surface area contributed by atoms with Gasteiger partial charge >= 0.3 is 5.97 Å². The van der Waals surface area contributed by atoms with Crippen molar-refractivity contribution in [2.45, 2.75) is 65.6 Å². The van der Waals surface area contributed by atoms with Gasteiger partial charge in [0.25, 0.3) is 0 Å². The molecule has 0 bridgehead atoms. The highest BCUT2D eigenvalue weighted by atomic mass is 16.6. The molecule has 0 aromatic carbocycles. The van der Waals surface area contributed by atoms with E-state index in [9.17, 15) is 9.90 Å². The Morgan fingerprint density at radius 1 is 1.47 bits per heavy atom. The molecule has 1 N–H and O–H groups in total. The zero-order chi connectivity index (χ0) is 14.2. The van der Waals surface area contributed by atoms with Gasteiger partial charge in [-0.05, 0) is 36.2 Å². The molecule has 3 nitrogen and oxygen atoms in total. The largest absolute Gasteiger partial charge is 0.459 e. The Balaban J connectivity index is 2.41. The molecule has 0 saturated heterocycles. The molecule has 1 saturated carbocycles. The molecule has 0 heterocycles. The lowest BCUT2D eigenvalue weighted by Crippen LogP contribution is -2.37. The number of fused-ring (bicyclic) bond motifs is 1. The average molecular weight is 266 g/mol. The number of rotatable bonds is 2. The van der Waals surface area contributed by atoms with Crippen LogP contribution in [0.15, 0.2) is 11.6 Å². The lowest BCUT2D eigenvalue weighted by molar-refractivity contribution is -0.155. The van der Waals surface area contributed by atoms with Crippen LogP contribution in [0.25, 0.3) is 0 Å². The molecule has 2 rings (SSSR count). The van der Waals surface area contributed by atoms with Crippen molar-refractivity contribution in [1.82, 2.24) is 0 Å². The van der Waals surface area contributed by atoms with E-state index in [0.29, 0.717) is 5.92 Å². The van der Waals surface area contributed by atoms with Gasteiger partial charge in [-0.3, -0.25) is 4.79 Å². The topological polar surface area (TPSA) is 46.5 Å². The predicted octanol–water partition coefficient (Wildman–Crippen LogP) is 3.07. The normalized spacial score (nSPS) is 38.6. The molecule has 0 aromatic rings. The molecule has 2 aliphatic carbocycles. The third kappa shape index (κ3) is 2.45. The first-order valence-electron chi connectivity index (χ1n) is 7.43. The van der Waals surface area contributed by atoms with Crippen LogP contribution in [0.1, 0.15) is 53.4 Å². The van der Waals surface area contributed by atoms with Crippen LogP contribution in [0.5, 0.6) is 0 Å². The summed E-state index contributed by atoms with van der Waals surface area (Å²) in [5.74, 6) is 0.291. The summed E-state index contributed by atoms with van der Waals surface area (Å²) < 4.78 is 5.47. The smallest absolute Gasteiger partial charge is 0.303 e. The first kappa shape index (κ1) is 14.6. The van der Waals surface area contributed by atoms with Gasteiger partial charge < -0.3 is 9.84 Å². The minimum atomic E-state index is -0.626. The molecular formula is C16H26O3. The number of esters is 1. The standard InChI is InChI=1S/C16H26O3/c1-10(2)13-15(19-11(3)17)14(18)12-8-6-5-7-9-16(12,13)4/h8,10,13-15,18H,5-7,9H2,1-4H3/t13-,14-,15+,16-/m0/s1. The second-order valence-electron chi connectivity index (χ2n) is 6.61. The molecule has 0 aromatic heterocycles. The third-order valence-electron chi connectivity index (χ3n) is 4.91. The predicted molar refractivity (Wildman–Crippen MR) is 74.5 cm³/mol. The van der Waals surface area contributed by atoms with Gasteiger partial charge in [0, 0.05) is 12.8 Å². The molecular weight excluding hydrogens is 240 g/mol. The van der Waals surface area contributed by atoms with Gasteiger partial charge in [-0.25, -0.2) is 0 Å². The Bertz CT molecular complexity index is 385. The van der Waals surface area contributed by atoms with E-state index in [-0.39, 0.29) is 23.4 Å². The lowest BCUT2D eigenvalue weighted by Gasteiger charge is -2.36. The van der Waals surface area contributed by atoms with Crippen molar-refractivity contribution >= 4 is 5.97 Å². The number of carbonyl (C=O) groups is 1. The van der Waals surface area contributed by atoms with Crippen LogP contribution in [0.2, 0.25) is 0 Å². The van der Waals surface area contributed by atoms with Gasteiger partial charge in [0.2, 0.25) is 0 Å². The molecule has 0 spiro atoms. The molecule has 0 radical (unpaired) electrons. The summed E-state index contributed by atoms with van der Waals surface area (Å²) in [7, 11) is 0. The van der Waals surface area contributed by atoms with E-state index >= 15 is 0 Å². The van der Waals surface area contributed by atoms with E-state index in [1.54, 1.807) is 0 Å². The molecule has 0 aliphatic heterocycles. The number of hydrogen-bond donors (Lipinski definition) is 1. The van der Waals surface area contributed by atoms with Crippen molar-refractivity contribution in [2.75, 3.05) is 0 Å². The maximum Gasteiger partial charge on any atom is 0.303 e. The van der Waals surface area contributed by atoms with Gasteiger partial charge in [0.15, 0.2) is 0 Å². The van der Waals surface area contributed by atoms with Crippen LogP contribution in [-0.4, -0.2) is 23.3 Å². The Hall–Kier alpha value is -0.830. The monoisotopic (exact) mass is 266 g/mol. The van der Waals surface area contributed by atoms with Gasteiger partial charge in [-0.2, -0.15) is 0 Å². The fourth-order valence-corrected chi connectivity index (χ4v) is 4.27. The molecule has 1 fully saturated rings. The molecule has 108 valence electrons. The van der Waals surface area contributed by atoms with Crippen molar-refractivity contribution in [3.8, 4) is 0 Å². The minimum Gasteiger partial charge on any atom is -0.459 e. The highest BCUT2D eigenvalue weighted by Gasteiger charge is 2.56. The number of hydrogen-bond acceptors (Lipinski definition) is 3. The Labute approximate surface area is 116 Å². The van der Waals surface area contributed by atoms with Crippen molar-refractivity contribution in [2.24, 2.45) is 17.3 Å². The van der Waals surface area contributed by atoms with Crippen LogP contribution in [0.4, 0.5) is 0 Å². The lowest BCUT2D eigenvalue weighted by atomic mass is 9.69. The van der Waals surface area contributed by atoms with Gasteiger partial charge in [0.1, 0.15) is 12.2 Å². The van der Waals surface area contributed by atoms with Crippen LogP contribution in [0, 0.1) is 17.3 Å². The molecule has 2 aliphatic rings. The number of carbonyl (C=O) groups excluding carboxylic acids is 1. The van der Waals surface area contributed by atoms with Gasteiger partial charge in [-0.1, -0.05) is 33.3 Å². The summed E-state index contributed by atoms with van der Waals surface area (Å²) in [5, 5.41) is 10.6. The van der Waals surface area contributed by atoms with Crippen LogP contribution >= 0.6 is 0 Å². The van der Waals surface area contributed by atoms with E-state index in [2.05, 4.69) is 26.8 Å².